The number of carbonyl (C=O) groups excluding carboxylic acids is 3. The van der Waals surface area contributed by atoms with Gasteiger partial charge in [-0.1, -0.05) is 45.4 Å². The minimum atomic E-state index is -1.88. The smallest absolute Gasteiger partial charge is 0.408 e. The zero-order chi connectivity index (χ0) is 25.3. The molecule has 0 aliphatic rings. The summed E-state index contributed by atoms with van der Waals surface area (Å²) in [5, 5.41) is 2.56. The van der Waals surface area contributed by atoms with E-state index >= 15 is 0 Å². The Morgan fingerprint density at radius 3 is 2.21 bits per heavy atom. The Hall–Kier alpha value is -1.32. The summed E-state index contributed by atoms with van der Waals surface area (Å²) in [6.07, 6.45) is 9.07. The summed E-state index contributed by atoms with van der Waals surface area (Å²) in [6.45, 7) is 7.99. The van der Waals surface area contributed by atoms with Crippen LogP contribution in [0.15, 0.2) is 0 Å². The Bertz CT molecular complexity index is 583. The molecule has 194 valence electrons. The molecule has 1 amide bonds. The number of ether oxygens (including phenoxy) is 2. The molecule has 0 aliphatic heterocycles. The van der Waals surface area contributed by atoms with Crippen LogP contribution in [0.25, 0.3) is 0 Å². The van der Waals surface area contributed by atoms with Gasteiger partial charge in [0.25, 0.3) is 0 Å². The molecule has 0 rings (SSSR count). The zero-order valence-electron chi connectivity index (χ0n) is 21.4. The molecule has 0 radical (unpaired) electrons. The lowest BCUT2D eigenvalue weighted by Crippen LogP contribution is -2.65. The molecule has 0 fully saturated rings. The maximum absolute atomic E-state index is 13.5. The fraction of sp³-hybridized carbons (Fsp3) is 0.875. The van der Waals surface area contributed by atoms with Crippen molar-refractivity contribution >= 4 is 29.6 Å². The van der Waals surface area contributed by atoms with Crippen molar-refractivity contribution in [3.63, 3.8) is 0 Å². The lowest BCUT2D eigenvalue weighted by Gasteiger charge is -2.34. The second kappa shape index (κ2) is 17.2. The Balaban J connectivity index is 5.55. The highest BCUT2D eigenvalue weighted by Crippen LogP contribution is 2.22. The molecule has 0 unspecified atom stereocenters. The van der Waals surface area contributed by atoms with Gasteiger partial charge in [0.05, 0.1) is 12.6 Å². The number of amides is 1. The molecule has 0 aromatic rings. The molecule has 0 spiro atoms. The van der Waals surface area contributed by atoms with E-state index in [1.54, 1.807) is 20.8 Å². The first kappa shape index (κ1) is 31.7. The topological polar surface area (TPSA) is 134 Å². The average molecular weight is 490 g/mol. The van der Waals surface area contributed by atoms with Crippen LogP contribution in [-0.2, 0) is 19.1 Å². The van der Waals surface area contributed by atoms with Gasteiger partial charge in [0, 0.05) is 0 Å². The van der Waals surface area contributed by atoms with E-state index in [0.717, 1.165) is 32.1 Å². The lowest BCUT2D eigenvalue weighted by molar-refractivity contribution is -0.156. The largest absolute Gasteiger partial charge is 0.464 e. The Morgan fingerprint density at radius 1 is 1.00 bits per heavy atom. The number of nitrogens with one attached hydrogen (secondary N) is 1. The molecule has 0 saturated heterocycles. The van der Waals surface area contributed by atoms with Gasteiger partial charge in [-0.15, -0.1) is 0 Å². The monoisotopic (exact) mass is 489 g/mol. The molecule has 2 atom stereocenters. The number of hydrogen-bond donors (Lipinski definition) is 3. The van der Waals surface area contributed by atoms with Crippen LogP contribution >= 0.6 is 11.8 Å². The number of carbonyl (C=O) groups is 3. The number of nitrogens with two attached hydrogens (primary N) is 2. The van der Waals surface area contributed by atoms with Crippen molar-refractivity contribution in [1.82, 2.24) is 5.32 Å². The number of rotatable bonds is 18. The van der Waals surface area contributed by atoms with Crippen LogP contribution in [0.3, 0.4) is 0 Å². The summed E-state index contributed by atoms with van der Waals surface area (Å²) in [7, 11) is 0. The van der Waals surface area contributed by atoms with Gasteiger partial charge in [-0.05, 0) is 65.0 Å². The van der Waals surface area contributed by atoms with Crippen molar-refractivity contribution in [2.75, 3.05) is 25.2 Å². The number of thioether (sulfide) groups is 1. The van der Waals surface area contributed by atoms with E-state index in [9.17, 15) is 14.4 Å². The standard InChI is InChI=1S/C24H47N3O5S/c1-6-7-8-9-10-13-17-31-21(29)24(15-18-33-5,27-22(30)32-23(2,3)4)20(28)19(26)14-11-12-16-25/h19H,6-18,25-26H2,1-5H3,(H,27,30)/t19-,24+/m0/s1. The molecular formula is C24H47N3O5S. The molecule has 5 N–H and O–H groups in total. The van der Waals surface area contributed by atoms with Crippen LogP contribution in [0.4, 0.5) is 4.79 Å². The predicted molar refractivity (Wildman–Crippen MR) is 135 cm³/mol. The van der Waals surface area contributed by atoms with Crippen molar-refractivity contribution in [3.05, 3.63) is 0 Å². The fourth-order valence-electron chi connectivity index (χ4n) is 3.36. The molecule has 0 aromatic carbocycles. The van der Waals surface area contributed by atoms with Crippen LogP contribution in [0, 0.1) is 0 Å². The first-order valence-electron chi connectivity index (χ1n) is 12.2. The first-order chi connectivity index (χ1) is 15.5. The summed E-state index contributed by atoms with van der Waals surface area (Å²) >= 11 is 1.47. The van der Waals surface area contributed by atoms with E-state index in [1.807, 2.05) is 6.26 Å². The summed E-state index contributed by atoms with van der Waals surface area (Å²) in [6, 6.07) is -0.921. The second-order valence-corrected chi connectivity index (χ2v) is 10.4. The number of esters is 1. The minimum absolute atomic E-state index is 0.0756. The maximum atomic E-state index is 13.5. The van der Waals surface area contributed by atoms with Gasteiger partial charge in [0.15, 0.2) is 5.78 Å². The molecule has 33 heavy (non-hydrogen) atoms. The Labute approximate surface area is 204 Å². The first-order valence-corrected chi connectivity index (χ1v) is 13.6. The summed E-state index contributed by atoms with van der Waals surface area (Å²) in [4.78, 5) is 39.4. The second-order valence-electron chi connectivity index (χ2n) is 9.43. The molecule has 0 heterocycles. The van der Waals surface area contributed by atoms with Crippen molar-refractivity contribution < 1.29 is 23.9 Å². The van der Waals surface area contributed by atoms with Crippen LogP contribution in [0.2, 0.25) is 0 Å². The number of unbranched alkanes of at least 4 members (excludes halogenated alkanes) is 6. The normalized spacial score (nSPS) is 14.3. The number of alkyl carbamates (subject to hydrolysis) is 1. The van der Waals surface area contributed by atoms with Crippen LogP contribution in [0.5, 0.6) is 0 Å². The quantitative estimate of drug-likeness (QED) is 0.150. The van der Waals surface area contributed by atoms with Crippen LogP contribution in [0.1, 0.15) is 91.9 Å². The summed E-state index contributed by atoms with van der Waals surface area (Å²) in [5.74, 6) is -0.856. The third-order valence-electron chi connectivity index (χ3n) is 5.20. The van der Waals surface area contributed by atoms with Gasteiger partial charge in [0.1, 0.15) is 5.60 Å². The molecule has 0 bridgehead atoms. The highest BCUT2D eigenvalue weighted by molar-refractivity contribution is 7.98. The van der Waals surface area contributed by atoms with E-state index in [0.29, 0.717) is 31.6 Å². The van der Waals surface area contributed by atoms with E-state index in [4.69, 9.17) is 20.9 Å². The third-order valence-corrected chi connectivity index (χ3v) is 5.81. The maximum Gasteiger partial charge on any atom is 0.408 e. The van der Waals surface area contributed by atoms with Crippen LogP contribution in [-0.4, -0.2) is 60.2 Å². The lowest BCUT2D eigenvalue weighted by atomic mass is 9.85. The van der Waals surface area contributed by atoms with Crippen LogP contribution < -0.4 is 16.8 Å². The van der Waals surface area contributed by atoms with E-state index in [2.05, 4.69) is 12.2 Å². The van der Waals surface area contributed by atoms with E-state index in [1.165, 1.54) is 18.2 Å². The molecule has 0 saturated carbocycles. The molecular weight excluding hydrogens is 442 g/mol. The van der Waals surface area contributed by atoms with Gasteiger partial charge in [0.2, 0.25) is 5.54 Å². The van der Waals surface area contributed by atoms with Crippen molar-refractivity contribution in [2.24, 2.45) is 11.5 Å². The molecule has 8 nitrogen and oxygen atoms in total. The minimum Gasteiger partial charge on any atom is -0.464 e. The predicted octanol–water partition coefficient (Wildman–Crippen LogP) is 3.93. The number of Topliss-reactive ketones (excluding diaryl/α,β-unsaturated/α-hetero) is 1. The zero-order valence-corrected chi connectivity index (χ0v) is 22.2. The highest BCUT2D eigenvalue weighted by Gasteiger charge is 2.50. The molecule has 0 aromatic heterocycles. The van der Waals surface area contributed by atoms with Gasteiger partial charge in [-0.2, -0.15) is 11.8 Å². The highest BCUT2D eigenvalue weighted by atomic mass is 32.2. The third kappa shape index (κ3) is 13.2. The Kier molecular flexibility index (Phi) is 16.5. The Morgan fingerprint density at radius 2 is 1.64 bits per heavy atom. The number of ketones is 1. The van der Waals surface area contributed by atoms with Gasteiger partial charge < -0.3 is 20.9 Å². The summed E-state index contributed by atoms with van der Waals surface area (Å²) in [5.41, 5.74) is 9.06. The average Bonchev–Trinajstić information content (AvgIpc) is 2.74. The van der Waals surface area contributed by atoms with Gasteiger partial charge >= 0.3 is 12.1 Å². The van der Waals surface area contributed by atoms with Crippen molar-refractivity contribution in [2.45, 2.75) is 109 Å². The number of hydrogen-bond acceptors (Lipinski definition) is 8. The summed E-state index contributed by atoms with van der Waals surface area (Å²) < 4.78 is 10.9. The van der Waals surface area contributed by atoms with Gasteiger partial charge in [-0.3, -0.25) is 10.1 Å². The fourth-order valence-corrected chi connectivity index (χ4v) is 3.87. The molecule has 0 aliphatic carbocycles. The SMILES string of the molecule is CCCCCCCCOC(=O)[C@](CCSC)(NC(=O)OC(C)(C)C)C(=O)[C@@H](N)CCCCN. The van der Waals surface area contributed by atoms with E-state index < -0.39 is 35.0 Å². The van der Waals surface area contributed by atoms with E-state index in [-0.39, 0.29) is 13.0 Å². The van der Waals surface area contributed by atoms with Crippen molar-refractivity contribution in [3.8, 4) is 0 Å². The van der Waals surface area contributed by atoms with Gasteiger partial charge in [-0.25, -0.2) is 9.59 Å². The van der Waals surface area contributed by atoms with Crippen molar-refractivity contribution in [1.29, 1.82) is 0 Å². The molecule has 9 heteroatoms.